The van der Waals surface area contributed by atoms with Gasteiger partial charge in [-0.25, -0.2) is 13.6 Å². The zero-order valence-corrected chi connectivity index (χ0v) is 20.5. The molecule has 2 aromatic carbocycles. The third-order valence-electron chi connectivity index (χ3n) is 6.52. The second-order valence-electron chi connectivity index (χ2n) is 9.33. The van der Waals surface area contributed by atoms with Crippen LogP contribution in [0.1, 0.15) is 53.7 Å². The van der Waals surface area contributed by atoms with Gasteiger partial charge in [0.1, 0.15) is 5.69 Å². The minimum Gasteiger partial charge on any atom is -0.465 e. The number of nitriles is 1. The molecule has 4 N–H and O–H groups in total. The lowest BCUT2D eigenvalue weighted by molar-refractivity contribution is -0.116. The van der Waals surface area contributed by atoms with Gasteiger partial charge in [0.2, 0.25) is 11.8 Å². The molecular weight excluding hydrogens is 496 g/mol. The van der Waals surface area contributed by atoms with Crippen molar-refractivity contribution in [3.63, 3.8) is 0 Å². The molecule has 1 saturated carbocycles. The second-order valence-corrected chi connectivity index (χ2v) is 9.33. The number of benzene rings is 2. The first-order valence-electron chi connectivity index (χ1n) is 12.2. The quantitative estimate of drug-likeness (QED) is 0.346. The monoisotopic (exact) mass is 523 g/mol. The van der Waals surface area contributed by atoms with Gasteiger partial charge in [-0.05, 0) is 48.7 Å². The minimum atomic E-state index is -2.69. The lowest BCUT2D eigenvalue weighted by Crippen LogP contribution is -2.40. The summed E-state index contributed by atoms with van der Waals surface area (Å²) in [5, 5.41) is 26.4. The molecule has 198 valence electrons. The van der Waals surface area contributed by atoms with E-state index >= 15 is 0 Å². The van der Waals surface area contributed by atoms with Gasteiger partial charge >= 0.3 is 6.09 Å². The van der Waals surface area contributed by atoms with Crippen LogP contribution in [-0.4, -0.2) is 46.1 Å². The van der Waals surface area contributed by atoms with Gasteiger partial charge in [0.05, 0.1) is 17.1 Å². The summed E-state index contributed by atoms with van der Waals surface area (Å²) in [4.78, 5) is 35.7. The van der Waals surface area contributed by atoms with E-state index in [1.54, 1.807) is 53.1 Å². The number of carboxylic acid groups (broad SMARTS) is 1. The summed E-state index contributed by atoms with van der Waals surface area (Å²) in [5.74, 6) is -3.40. The van der Waals surface area contributed by atoms with Crippen molar-refractivity contribution in [2.24, 2.45) is 0 Å². The Morgan fingerprint density at radius 3 is 2.45 bits per heavy atom. The van der Waals surface area contributed by atoms with Crippen molar-refractivity contribution in [1.29, 1.82) is 5.26 Å². The van der Waals surface area contributed by atoms with E-state index in [1.807, 2.05) is 0 Å². The van der Waals surface area contributed by atoms with Crippen molar-refractivity contribution in [3.05, 3.63) is 65.4 Å². The van der Waals surface area contributed by atoms with Crippen LogP contribution in [0.5, 0.6) is 0 Å². The topological polar surface area (TPSA) is 136 Å². The number of aromatic nitrogens is 1. The van der Waals surface area contributed by atoms with Gasteiger partial charge in [-0.2, -0.15) is 5.26 Å². The summed E-state index contributed by atoms with van der Waals surface area (Å²) >= 11 is 0. The normalized spacial score (nSPS) is 15.0. The number of carbonyl (C=O) groups excluding carboxylic acids is 2. The number of nitrogens with one attached hydrogen (secondary N) is 3. The highest BCUT2D eigenvalue weighted by Crippen LogP contribution is 2.33. The van der Waals surface area contributed by atoms with Crippen LogP contribution in [0.25, 0.3) is 10.9 Å². The van der Waals surface area contributed by atoms with Crippen LogP contribution in [0, 0.1) is 11.3 Å². The molecule has 0 aliphatic heterocycles. The van der Waals surface area contributed by atoms with Crippen LogP contribution >= 0.6 is 0 Å². The maximum absolute atomic E-state index is 13.5. The van der Waals surface area contributed by atoms with Crippen LogP contribution in [0.4, 0.5) is 19.3 Å². The molecule has 38 heavy (non-hydrogen) atoms. The lowest BCUT2D eigenvalue weighted by atomic mass is 9.92. The van der Waals surface area contributed by atoms with Crippen LogP contribution in [0.15, 0.2) is 48.5 Å². The first kappa shape index (κ1) is 26.6. The Morgan fingerprint density at radius 1 is 1.08 bits per heavy atom. The third kappa shape index (κ3) is 6.64. The van der Waals surface area contributed by atoms with E-state index in [1.165, 1.54) is 0 Å². The van der Waals surface area contributed by atoms with Gasteiger partial charge in [0.15, 0.2) is 0 Å². The number of hydrogen-bond acceptors (Lipinski definition) is 4. The summed E-state index contributed by atoms with van der Waals surface area (Å²) in [5.41, 5.74) is 2.84. The summed E-state index contributed by atoms with van der Waals surface area (Å²) in [6.07, 6.45) is -1.32. The molecule has 3 aromatic rings. The highest BCUT2D eigenvalue weighted by atomic mass is 19.3. The van der Waals surface area contributed by atoms with Crippen molar-refractivity contribution in [2.45, 2.75) is 50.6 Å². The molecular formula is C27H27F2N5O4. The van der Waals surface area contributed by atoms with Crippen molar-refractivity contribution in [3.8, 4) is 6.07 Å². The molecule has 3 amide bonds. The van der Waals surface area contributed by atoms with Crippen molar-refractivity contribution in [1.82, 2.24) is 15.2 Å². The number of hydrogen-bond donors (Lipinski definition) is 4. The zero-order chi connectivity index (χ0) is 27.3. The predicted octanol–water partition coefficient (Wildman–Crippen LogP) is 4.47. The number of carbonyl (C=O) groups is 3. The molecule has 1 aliphatic carbocycles. The third-order valence-corrected chi connectivity index (χ3v) is 6.52. The Labute approximate surface area is 217 Å². The van der Waals surface area contributed by atoms with Gasteiger partial charge in [-0.3, -0.25) is 9.59 Å². The van der Waals surface area contributed by atoms with Crippen LogP contribution in [0.3, 0.4) is 0 Å². The Bertz CT molecular complexity index is 1380. The molecule has 1 heterocycles. The highest BCUT2D eigenvalue weighted by molar-refractivity contribution is 5.99. The number of halogens is 2. The molecule has 1 aromatic heterocycles. The van der Waals surface area contributed by atoms with E-state index in [0.717, 1.165) is 10.9 Å². The summed E-state index contributed by atoms with van der Waals surface area (Å²) < 4.78 is 28.9. The Balaban J connectivity index is 1.52. The SMILES string of the molecule is N#Cc1ccc2cc(C(=O)NC3CCC(F)(F)CC3)n(Cc3ccc(NC(=O)CCNC(=O)O)cc3)c2c1. The zero-order valence-electron chi connectivity index (χ0n) is 20.5. The van der Waals surface area contributed by atoms with Crippen LogP contribution in [-0.2, 0) is 11.3 Å². The molecule has 11 heteroatoms. The number of amides is 3. The molecule has 0 spiro atoms. The number of rotatable bonds is 8. The number of fused-ring (bicyclic) bond motifs is 1. The van der Waals surface area contributed by atoms with E-state index in [-0.39, 0.29) is 56.5 Å². The smallest absolute Gasteiger partial charge is 0.404 e. The van der Waals surface area contributed by atoms with Crippen molar-refractivity contribution < 1.29 is 28.3 Å². The molecule has 9 nitrogen and oxygen atoms in total. The van der Waals surface area contributed by atoms with E-state index in [9.17, 15) is 28.4 Å². The maximum atomic E-state index is 13.5. The van der Waals surface area contributed by atoms with Gasteiger partial charge in [0, 0.05) is 49.5 Å². The molecule has 0 atom stereocenters. The molecule has 0 radical (unpaired) electrons. The molecule has 1 fully saturated rings. The van der Waals surface area contributed by atoms with E-state index in [4.69, 9.17) is 5.11 Å². The van der Waals surface area contributed by atoms with Gasteiger partial charge in [-0.15, -0.1) is 0 Å². The van der Waals surface area contributed by atoms with Gasteiger partial charge in [0.25, 0.3) is 5.91 Å². The molecule has 0 unspecified atom stereocenters. The van der Waals surface area contributed by atoms with Gasteiger partial charge < -0.3 is 25.6 Å². The second kappa shape index (κ2) is 11.3. The Kier molecular flexibility index (Phi) is 7.90. The fraction of sp³-hybridized carbons (Fsp3) is 0.333. The Hall–Kier alpha value is -4.46. The average Bonchev–Trinajstić information content (AvgIpc) is 3.23. The van der Waals surface area contributed by atoms with E-state index in [0.29, 0.717) is 29.0 Å². The minimum absolute atomic E-state index is 0.00123. The first-order valence-corrected chi connectivity index (χ1v) is 12.2. The van der Waals surface area contributed by atoms with Crippen LogP contribution < -0.4 is 16.0 Å². The average molecular weight is 524 g/mol. The maximum Gasteiger partial charge on any atom is 0.404 e. The number of alkyl halides is 2. The van der Waals surface area contributed by atoms with E-state index < -0.39 is 12.0 Å². The van der Waals surface area contributed by atoms with Crippen molar-refractivity contribution >= 4 is 34.5 Å². The van der Waals surface area contributed by atoms with Crippen molar-refractivity contribution in [2.75, 3.05) is 11.9 Å². The standard InChI is InChI=1S/C27H27F2N5O4/c28-27(29)10-7-21(8-11-27)33-25(36)23-14-19-4-1-18(15-30)13-22(19)34(23)16-17-2-5-20(6-3-17)32-24(35)9-12-31-26(37)38/h1-6,13-14,21,31H,7-12,16H2,(H,32,35)(H,33,36)(H,37,38). The number of anilines is 1. The highest BCUT2D eigenvalue weighted by Gasteiger charge is 2.35. The summed E-state index contributed by atoms with van der Waals surface area (Å²) in [6.45, 7) is 0.291. The van der Waals surface area contributed by atoms with Crippen LogP contribution in [0.2, 0.25) is 0 Å². The van der Waals surface area contributed by atoms with Gasteiger partial charge in [-0.1, -0.05) is 18.2 Å². The largest absolute Gasteiger partial charge is 0.465 e. The predicted molar refractivity (Wildman–Crippen MR) is 136 cm³/mol. The summed E-state index contributed by atoms with van der Waals surface area (Å²) in [7, 11) is 0. The fourth-order valence-corrected chi connectivity index (χ4v) is 4.51. The lowest BCUT2D eigenvalue weighted by Gasteiger charge is -2.28. The molecule has 1 aliphatic rings. The fourth-order valence-electron chi connectivity index (χ4n) is 4.51. The van der Waals surface area contributed by atoms with E-state index in [2.05, 4.69) is 22.0 Å². The molecule has 0 saturated heterocycles. The molecule has 0 bridgehead atoms. The molecule has 4 rings (SSSR count). The summed E-state index contributed by atoms with van der Waals surface area (Å²) in [6, 6.07) is 15.6. The Morgan fingerprint density at radius 2 is 1.79 bits per heavy atom. The number of nitrogens with zero attached hydrogens (tertiary/aromatic N) is 2. The first-order chi connectivity index (χ1) is 18.1.